The van der Waals surface area contributed by atoms with Crippen LogP contribution in [0.25, 0.3) is 0 Å². The second kappa shape index (κ2) is 10.7. The van der Waals surface area contributed by atoms with Crippen molar-refractivity contribution in [1.82, 2.24) is 0 Å². The van der Waals surface area contributed by atoms with Crippen molar-refractivity contribution >= 4 is 5.97 Å². The predicted molar refractivity (Wildman–Crippen MR) is 92.5 cm³/mol. The molecule has 130 valence electrons. The second-order valence-corrected chi connectivity index (χ2v) is 4.76. The normalized spacial score (nSPS) is 9.24. The lowest BCUT2D eigenvalue weighted by atomic mass is 10.1. The molecule has 0 saturated carbocycles. The van der Waals surface area contributed by atoms with Crippen LogP contribution in [0.4, 0.5) is 8.78 Å². The van der Waals surface area contributed by atoms with Crippen molar-refractivity contribution in [3.05, 3.63) is 77.4 Å². The summed E-state index contributed by atoms with van der Waals surface area (Å²) in [5.74, 6) is -0.169. The monoisotopic (exact) mass is 343 g/mol. The van der Waals surface area contributed by atoms with E-state index in [1.807, 2.05) is 19.9 Å². The van der Waals surface area contributed by atoms with Crippen molar-refractivity contribution in [2.45, 2.75) is 26.7 Å². The zero-order valence-electron chi connectivity index (χ0n) is 14.1. The number of carbonyl (C=O) groups excluding carboxylic acids is 1. The highest BCUT2D eigenvalue weighted by atomic mass is 19.3. The van der Waals surface area contributed by atoms with E-state index in [0.717, 1.165) is 11.6 Å². The number of nitriles is 1. The third-order valence-corrected chi connectivity index (χ3v) is 3.12. The molecule has 0 fully saturated rings. The average molecular weight is 343 g/mol. The van der Waals surface area contributed by atoms with Crippen molar-refractivity contribution in [1.29, 1.82) is 5.26 Å². The van der Waals surface area contributed by atoms with E-state index in [4.69, 9.17) is 10.00 Å². The molecule has 2 aromatic carbocycles. The van der Waals surface area contributed by atoms with E-state index in [1.165, 1.54) is 0 Å². The fourth-order valence-electron chi connectivity index (χ4n) is 1.92. The minimum Gasteiger partial charge on any atom is -0.423 e. The number of benzene rings is 2. The van der Waals surface area contributed by atoms with Gasteiger partial charge in [-0.05, 0) is 60.9 Å². The van der Waals surface area contributed by atoms with Gasteiger partial charge in [0, 0.05) is 0 Å². The highest BCUT2D eigenvalue weighted by Gasteiger charge is 2.08. The Morgan fingerprint density at radius 3 is 2.20 bits per heavy atom. The molecule has 0 aliphatic carbocycles. The Kier molecular flexibility index (Phi) is 8.59. The topological polar surface area (TPSA) is 50.1 Å². The van der Waals surface area contributed by atoms with Crippen LogP contribution in [-0.2, 0) is 6.42 Å². The van der Waals surface area contributed by atoms with Gasteiger partial charge in [0.05, 0.1) is 17.2 Å². The fourth-order valence-corrected chi connectivity index (χ4v) is 1.92. The van der Waals surface area contributed by atoms with Gasteiger partial charge in [-0.3, -0.25) is 0 Å². The molecule has 0 heterocycles. The van der Waals surface area contributed by atoms with Crippen LogP contribution >= 0.6 is 0 Å². The highest BCUT2D eigenvalue weighted by Crippen LogP contribution is 2.15. The summed E-state index contributed by atoms with van der Waals surface area (Å²) < 4.78 is 29.1. The maximum atomic E-state index is 12.0. The van der Waals surface area contributed by atoms with Crippen molar-refractivity contribution in [3.63, 3.8) is 0 Å². The number of hydrogen-bond donors (Lipinski definition) is 0. The first-order chi connectivity index (χ1) is 12.1. The Labute approximate surface area is 146 Å². The summed E-state index contributed by atoms with van der Waals surface area (Å²) in [6.07, 6.45) is -0.0974. The first-order valence-corrected chi connectivity index (χ1v) is 7.91. The Balaban J connectivity index is 0.00000151. The van der Waals surface area contributed by atoms with E-state index < -0.39 is 12.0 Å². The van der Waals surface area contributed by atoms with Crippen LogP contribution in [0.5, 0.6) is 5.75 Å². The number of nitrogens with zero attached hydrogens (tertiary/aromatic N) is 1. The Hall–Kier alpha value is -3.00. The summed E-state index contributed by atoms with van der Waals surface area (Å²) in [7, 11) is 0. The number of allylic oxidation sites excluding steroid dienone is 1. The maximum Gasteiger partial charge on any atom is 0.343 e. The molecule has 2 aromatic rings. The van der Waals surface area contributed by atoms with E-state index >= 15 is 0 Å². The summed E-state index contributed by atoms with van der Waals surface area (Å²) in [5, 5.41) is 8.70. The van der Waals surface area contributed by atoms with Crippen LogP contribution in [0, 0.1) is 11.3 Å². The molecule has 0 aliphatic rings. The van der Waals surface area contributed by atoms with Crippen LogP contribution in [0.1, 0.15) is 41.8 Å². The molecule has 0 amide bonds. The summed E-state index contributed by atoms with van der Waals surface area (Å²) in [4.78, 5) is 12.0. The van der Waals surface area contributed by atoms with E-state index in [2.05, 4.69) is 0 Å². The maximum absolute atomic E-state index is 12.0. The lowest BCUT2D eigenvalue weighted by molar-refractivity contribution is 0.0734. The molecule has 25 heavy (non-hydrogen) atoms. The zero-order valence-corrected chi connectivity index (χ0v) is 14.1. The fraction of sp³-hybridized carbons (Fsp3) is 0.200. The molecular formula is C20H19F2NO2. The van der Waals surface area contributed by atoms with E-state index in [-0.39, 0.29) is 6.42 Å². The minimum absolute atomic E-state index is 0.247. The molecule has 0 aromatic heterocycles. The van der Waals surface area contributed by atoms with Gasteiger partial charge in [0.1, 0.15) is 5.75 Å². The molecule has 0 spiro atoms. The number of esters is 1. The van der Waals surface area contributed by atoms with Crippen LogP contribution < -0.4 is 4.74 Å². The molecule has 0 saturated heterocycles. The van der Waals surface area contributed by atoms with Gasteiger partial charge in [-0.25, -0.2) is 4.79 Å². The molecule has 5 heteroatoms. The SMILES string of the molecule is CC.N#Cc1ccc(OC(=O)c2ccc(CCC=C(F)F)cc2)cc1. The van der Waals surface area contributed by atoms with Crippen LogP contribution in [0.2, 0.25) is 0 Å². The molecular weight excluding hydrogens is 324 g/mol. The van der Waals surface area contributed by atoms with Crippen LogP contribution in [-0.4, -0.2) is 5.97 Å². The standard InChI is InChI=1S/C18H13F2NO2.C2H6/c19-17(20)3-1-2-13-4-8-15(9-5-13)18(22)23-16-10-6-14(12-21)7-11-16;1-2/h3-11H,1-2H2;1-2H3. The van der Waals surface area contributed by atoms with Gasteiger partial charge >= 0.3 is 5.97 Å². The minimum atomic E-state index is -1.69. The van der Waals surface area contributed by atoms with Gasteiger partial charge in [0.25, 0.3) is 6.08 Å². The number of hydrogen-bond acceptors (Lipinski definition) is 3. The van der Waals surface area contributed by atoms with E-state index in [1.54, 1.807) is 48.5 Å². The second-order valence-electron chi connectivity index (χ2n) is 4.76. The summed E-state index contributed by atoms with van der Waals surface area (Å²) >= 11 is 0. The molecule has 0 unspecified atom stereocenters. The van der Waals surface area contributed by atoms with Crippen molar-refractivity contribution < 1.29 is 18.3 Å². The van der Waals surface area contributed by atoms with E-state index in [0.29, 0.717) is 23.3 Å². The summed E-state index contributed by atoms with van der Waals surface area (Å²) in [6, 6.07) is 14.8. The predicted octanol–water partition coefficient (Wildman–Crippen LogP) is 5.52. The van der Waals surface area contributed by atoms with E-state index in [9.17, 15) is 13.6 Å². The zero-order chi connectivity index (χ0) is 18.7. The van der Waals surface area contributed by atoms with Crippen molar-refractivity contribution in [2.24, 2.45) is 0 Å². The van der Waals surface area contributed by atoms with Gasteiger partial charge < -0.3 is 4.74 Å². The molecule has 0 aliphatic heterocycles. The van der Waals surface area contributed by atoms with Gasteiger partial charge in [-0.1, -0.05) is 26.0 Å². The lowest BCUT2D eigenvalue weighted by Crippen LogP contribution is -2.08. The molecule has 0 atom stereocenters. The molecule has 0 radical (unpaired) electrons. The third kappa shape index (κ3) is 6.96. The molecule has 2 rings (SSSR count). The number of aryl methyl sites for hydroxylation is 1. The Morgan fingerprint density at radius 2 is 1.68 bits per heavy atom. The van der Waals surface area contributed by atoms with Crippen molar-refractivity contribution in [3.8, 4) is 11.8 Å². The molecule has 0 bridgehead atoms. The smallest absolute Gasteiger partial charge is 0.343 e. The largest absolute Gasteiger partial charge is 0.423 e. The number of rotatable bonds is 5. The van der Waals surface area contributed by atoms with Crippen molar-refractivity contribution in [2.75, 3.05) is 0 Å². The van der Waals surface area contributed by atoms with Gasteiger partial charge in [-0.15, -0.1) is 0 Å². The van der Waals surface area contributed by atoms with Crippen LogP contribution in [0.3, 0.4) is 0 Å². The number of halogens is 2. The molecule has 3 nitrogen and oxygen atoms in total. The number of ether oxygens (including phenoxy) is 1. The quantitative estimate of drug-likeness (QED) is 0.531. The summed E-state index contributed by atoms with van der Waals surface area (Å²) in [6.45, 7) is 4.00. The average Bonchev–Trinajstić information content (AvgIpc) is 2.64. The Bertz CT molecular complexity index is 741. The summed E-state index contributed by atoms with van der Waals surface area (Å²) in [5.41, 5.74) is 1.70. The highest BCUT2D eigenvalue weighted by molar-refractivity contribution is 5.91. The van der Waals surface area contributed by atoms with Crippen LogP contribution in [0.15, 0.2) is 60.7 Å². The third-order valence-electron chi connectivity index (χ3n) is 3.12. The van der Waals surface area contributed by atoms with Gasteiger partial charge in [0.15, 0.2) is 0 Å². The lowest BCUT2D eigenvalue weighted by Gasteiger charge is -2.05. The Morgan fingerprint density at radius 1 is 1.08 bits per heavy atom. The first-order valence-electron chi connectivity index (χ1n) is 7.91. The number of carbonyl (C=O) groups is 1. The first kappa shape index (κ1) is 20.0. The van der Waals surface area contributed by atoms with Gasteiger partial charge in [0.2, 0.25) is 0 Å². The van der Waals surface area contributed by atoms with Gasteiger partial charge in [-0.2, -0.15) is 14.0 Å². The molecule has 0 N–H and O–H groups in total.